The summed E-state index contributed by atoms with van der Waals surface area (Å²) in [6.07, 6.45) is 9.67. The molecule has 0 heterocycles. The predicted molar refractivity (Wildman–Crippen MR) is 98.6 cm³/mol. The molecule has 5 rings (SSSR count). The Morgan fingerprint density at radius 2 is 1.62 bits per heavy atom. The summed E-state index contributed by atoms with van der Waals surface area (Å²) in [4.78, 5) is 23.5. The smallest absolute Gasteiger partial charge is 0.267 e. The van der Waals surface area contributed by atoms with Gasteiger partial charge in [0.1, 0.15) is 0 Å². The first-order chi connectivity index (χ1) is 12.6. The molecule has 26 heavy (non-hydrogen) atoms. The summed E-state index contributed by atoms with van der Waals surface area (Å²) in [5.74, 6) is 2.96. The number of benzene rings is 1. The second kappa shape index (κ2) is 7.33. The molecule has 0 aliphatic heterocycles. The van der Waals surface area contributed by atoms with Gasteiger partial charge in [-0.2, -0.15) is 0 Å². The second-order valence-electron chi connectivity index (χ2n) is 8.19. The van der Waals surface area contributed by atoms with E-state index >= 15 is 0 Å². The van der Waals surface area contributed by atoms with Gasteiger partial charge < -0.3 is 5.32 Å². The van der Waals surface area contributed by atoms with E-state index in [9.17, 15) is 9.59 Å². The highest BCUT2D eigenvalue weighted by Gasteiger charge is 2.47. The monoisotopic (exact) mass is 354 g/mol. The van der Waals surface area contributed by atoms with Crippen LogP contribution in [0.15, 0.2) is 30.3 Å². The SMILES string of the molecule is O=C(/C=C/c1ccc(C(=O)CNC2C3CC4CC(C3)CC2C4)cc1)NO. The van der Waals surface area contributed by atoms with Gasteiger partial charge in [0.15, 0.2) is 5.78 Å². The number of nitrogens with one attached hydrogen (secondary N) is 2. The zero-order valence-electron chi connectivity index (χ0n) is 14.9. The largest absolute Gasteiger partial charge is 0.306 e. The average molecular weight is 354 g/mol. The van der Waals surface area contributed by atoms with E-state index in [1.54, 1.807) is 35.8 Å². The molecular formula is C21H26N2O3. The van der Waals surface area contributed by atoms with Crippen LogP contribution in [0.4, 0.5) is 0 Å². The summed E-state index contributed by atoms with van der Waals surface area (Å²) in [5.41, 5.74) is 3.04. The molecule has 5 nitrogen and oxygen atoms in total. The zero-order valence-corrected chi connectivity index (χ0v) is 14.9. The van der Waals surface area contributed by atoms with Gasteiger partial charge in [0.25, 0.3) is 5.91 Å². The van der Waals surface area contributed by atoms with E-state index in [0.717, 1.165) is 29.2 Å². The fraction of sp³-hybridized carbons (Fsp3) is 0.524. The van der Waals surface area contributed by atoms with E-state index in [0.29, 0.717) is 18.2 Å². The van der Waals surface area contributed by atoms with Gasteiger partial charge in [-0.3, -0.25) is 14.8 Å². The van der Waals surface area contributed by atoms with Crippen molar-refractivity contribution >= 4 is 17.8 Å². The average Bonchev–Trinajstić information content (AvgIpc) is 2.65. The van der Waals surface area contributed by atoms with Gasteiger partial charge in [-0.05, 0) is 67.4 Å². The normalized spacial score (nSPS) is 32.1. The van der Waals surface area contributed by atoms with Crippen LogP contribution < -0.4 is 10.8 Å². The van der Waals surface area contributed by atoms with E-state index in [-0.39, 0.29) is 5.78 Å². The lowest BCUT2D eigenvalue weighted by Gasteiger charge is -2.54. The molecule has 4 bridgehead atoms. The standard InChI is InChI=1S/C21H26N2O3/c24-19(16-4-1-13(2-5-16)3-6-20(25)23-26)12-22-21-17-8-14-7-15(10-17)11-18(21)9-14/h1-6,14-15,17-18,21-22,26H,7-12H2,(H,23,25)/b6-3+. The molecule has 0 saturated heterocycles. The molecule has 0 radical (unpaired) electrons. The Morgan fingerprint density at radius 1 is 1.00 bits per heavy atom. The van der Waals surface area contributed by atoms with Crippen molar-refractivity contribution in [1.29, 1.82) is 0 Å². The van der Waals surface area contributed by atoms with Crippen LogP contribution in [0.1, 0.15) is 48.0 Å². The number of carbonyl (C=O) groups excluding carboxylic acids is 2. The van der Waals surface area contributed by atoms with Crippen molar-refractivity contribution in [3.63, 3.8) is 0 Å². The Balaban J connectivity index is 1.32. The van der Waals surface area contributed by atoms with Gasteiger partial charge in [0.05, 0.1) is 6.54 Å². The Hall–Kier alpha value is -1.98. The first-order valence-corrected chi connectivity index (χ1v) is 9.61. The van der Waals surface area contributed by atoms with E-state index in [1.165, 1.54) is 38.2 Å². The van der Waals surface area contributed by atoms with E-state index in [1.807, 2.05) is 0 Å². The van der Waals surface area contributed by atoms with E-state index in [2.05, 4.69) is 5.32 Å². The molecule has 4 fully saturated rings. The number of hydroxylamine groups is 1. The van der Waals surface area contributed by atoms with Crippen LogP contribution in [0, 0.1) is 23.7 Å². The molecule has 138 valence electrons. The minimum Gasteiger partial charge on any atom is -0.306 e. The van der Waals surface area contributed by atoms with Crippen LogP contribution in [0.3, 0.4) is 0 Å². The maximum absolute atomic E-state index is 12.5. The molecule has 1 aromatic carbocycles. The topological polar surface area (TPSA) is 78.4 Å². The van der Waals surface area contributed by atoms with Crippen LogP contribution in [0.25, 0.3) is 6.08 Å². The van der Waals surface area contributed by atoms with Crippen LogP contribution in [0.2, 0.25) is 0 Å². The maximum Gasteiger partial charge on any atom is 0.267 e. The molecule has 5 heteroatoms. The van der Waals surface area contributed by atoms with Gasteiger partial charge >= 0.3 is 0 Å². The summed E-state index contributed by atoms with van der Waals surface area (Å²) in [5, 5.41) is 12.1. The number of ketones is 1. The minimum absolute atomic E-state index is 0.113. The van der Waals surface area contributed by atoms with Gasteiger partial charge in [0.2, 0.25) is 0 Å². The molecule has 4 saturated carbocycles. The Morgan fingerprint density at radius 3 is 2.19 bits per heavy atom. The van der Waals surface area contributed by atoms with Crippen molar-refractivity contribution in [2.45, 2.75) is 38.1 Å². The molecule has 0 atom stereocenters. The Kier molecular flexibility index (Phi) is 4.92. The summed E-state index contributed by atoms with van der Waals surface area (Å²) < 4.78 is 0. The molecular weight excluding hydrogens is 328 g/mol. The predicted octanol–water partition coefficient (Wildman–Crippen LogP) is 2.80. The number of rotatable bonds is 6. The van der Waals surface area contributed by atoms with Gasteiger partial charge in [0, 0.05) is 17.7 Å². The highest BCUT2D eigenvalue weighted by Crippen LogP contribution is 2.53. The highest BCUT2D eigenvalue weighted by molar-refractivity contribution is 5.98. The second-order valence-corrected chi connectivity index (χ2v) is 8.19. The van der Waals surface area contributed by atoms with E-state index < -0.39 is 5.91 Å². The number of amides is 1. The van der Waals surface area contributed by atoms with Crippen molar-refractivity contribution in [3.05, 3.63) is 41.5 Å². The van der Waals surface area contributed by atoms with Crippen LogP contribution in [-0.4, -0.2) is 29.5 Å². The molecule has 4 aliphatic rings. The third kappa shape index (κ3) is 3.60. The maximum atomic E-state index is 12.5. The summed E-state index contributed by atoms with van der Waals surface area (Å²) in [6.45, 7) is 0.398. The fourth-order valence-corrected chi connectivity index (χ4v) is 5.56. The van der Waals surface area contributed by atoms with Crippen LogP contribution in [-0.2, 0) is 4.79 Å². The van der Waals surface area contributed by atoms with Crippen molar-refractivity contribution in [3.8, 4) is 0 Å². The quantitative estimate of drug-likeness (QED) is 0.318. The van der Waals surface area contributed by atoms with Crippen LogP contribution in [0.5, 0.6) is 0 Å². The zero-order chi connectivity index (χ0) is 18.1. The molecule has 0 spiro atoms. The highest BCUT2D eigenvalue weighted by atomic mass is 16.5. The lowest BCUT2D eigenvalue weighted by Crippen LogP contribution is -2.55. The molecule has 0 aromatic heterocycles. The Labute approximate surface area is 153 Å². The lowest BCUT2D eigenvalue weighted by molar-refractivity contribution is -0.124. The molecule has 3 N–H and O–H groups in total. The molecule has 1 amide bonds. The van der Waals surface area contributed by atoms with Gasteiger partial charge in [-0.25, -0.2) is 5.48 Å². The third-order valence-corrected chi connectivity index (χ3v) is 6.50. The fourth-order valence-electron chi connectivity index (χ4n) is 5.56. The van der Waals surface area contributed by atoms with Crippen molar-refractivity contribution in [1.82, 2.24) is 10.8 Å². The lowest BCUT2D eigenvalue weighted by atomic mass is 9.54. The van der Waals surface area contributed by atoms with Crippen LogP contribution >= 0.6 is 0 Å². The first-order valence-electron chi connectivity index (χ1n) is 9.61. The number of hydrogen-bond acceptors (Lipinski definition) is 4. The first kappa shape index (κ1) is 17.4. The van der Waals surface area contributed by atoms with E-state index in [4.69, 9.17) is 5.21 Å². The number of hydrogen-bond donors (Lipinski definition) is 3. The molecule has 0 unspecified atom stereocenters. The number of carbonyl (C=O) groups is 2. The number of Topliss-reactive ketones (excluding diaryl/α,β-unsaturated/α-hetero) is 1. The summed E-state index contributed by atoms with van der Waals surface area (Å²) in [7, 11) is 0. The molecule has 4 aliphatic carbocycles. The Bertz CT molecular complexity index is 682. The third-order valence-electron chi connectivity index (χ3n) is 6.50. The summed E-state index contributed by atoms with van der Waals surface area (Å²) >= 11 is 0. The van der Waals surface area contributed by atoms with Crippen molar-refractivity contribution in [2.75, 3.05) is 6.54 Å². The minimum atomic E-state index is -0.579. The van der Waals surface area contributed by atoms with Gasteiger partial charge in [-0.15, -0.1) is 0 Å². The molecule has 1 aromatic rings. The van der Waals surface area contributed by atoms with Gasteiger partial charge in [-0.1, -0.05) is 24.3 Å². The van der Waals surface area contributed by atoms with Crippen molar-refractivity contribution < 1.29 is 14.8 Å². The summed E-state index contributed by atoms with van der Waals surface area (Å²) in [6, 6.07) is 7.70. The van der Waals surface area contributed by atoms with Crippen molar-refractivity contribution in [2.24, 2.45) is 23.7 Å².